The van der Waals surface area contributed by atoms with Crippen molar-refractivity contribution in [1.29, 1.82) is 0 Å². The molecule has 4 heterocycles. The van der Waals surface area contributed by atoms with E-state index in [2.05, 4.69) is 155 Å². The smallest absolute Gasteiger partial charge is 0.0705 e. The fourth-order valence-corrected chi connectivity index (χ4v) is 8.14. The number of benzene rings is 4. The van der Waals surface area contributed by atoms with Crippen LogP contribution in [0.3, 0.4) is 0 Å². The number of pyridine rings is 4. The van der Waals surface area contributed by atoms with Crippen molar-refractivity contribution in [3.63, 3.8) is 0 Å². The molecule has 4 aromatic heterocycles. The molecular weight excluding hydrogens is 637 g/mol. The molecule has 1 saturated carbocycles. The summed E-state index contributed by atoms with van der Waals surface area (Å²) < 4.78 is 0. The predicted octanol–water partition coefficient (Wildman–Crippen LogP) is 9.90. The largest absolute Gasteiger partial charge is 0.287 e. The fraction of sp³-hybridized carbons (Fsp3) is 0.217. The Morgan fingerprint density at radius 1 is 0.346 bits per heavy atom. The standard InChI is InChI=1S/C46H42N6/c1-5-15-41-33(11-1)21-25-37(47-41)29-51(30-38-26-22-34-12-2-6-16-42(34)48-38)45-19-9-10-20-46(45)52(31-39-27-23-35-13-3-7-17-43(35)49-39)32-40-28-24-36-14-4-8-18-44(36)50-40/h1-8,11-18,21-28,45-46H,9-10,19-20,29-32H2/t45-,46-/m0/s1. The van der Waals surface area contributed by atoms with Crippen LogP contribution in [0.2, 0.25) is 0 Å². The van der Waals surface area contributed by atoms with Gasteiger partial charge in [0.25, 0.3) is 0 Å². The summed E-state index contributed by atoms with van der Waals surface area (Å²) in [5, 5.41) is 4.67. The number of hydrogen-bond donors (Lipinski definition) is 0. The lowest BCUT2D eigenvalue weighted by atomic mass is 9.87. The van der Waals surface area contributed by atoms with Crippen molar-refractivity contribution in [2.75, 3.05) is 0 Å². The molecule has 8 aromatic rings. The minimum Gasteiger partial charge on any atom is -0.287 e. The second-order valence-corrected chi connectivity index (χ2v) is 14.2. The number of hydrogen-bond acceptors (Lipinski definition) is 6. The van der Waals surface area contributed by atoms with Crippen molar-refractivity contribution in [3.05, 3.63) is 168 Å². The van der Waals surface area contributed by atoms with Crippen LogP contribution >= 0.6 is 0 Å². The third-order valence-corrected chi connectivity index (χ3v) is 10.7. The zero-order valence-electron chi connectivity index (χ0n) is 29.4. The highest BCUT2D eigenvalue weighted by Gasteiger charge is 2.35. The van der Waals surface area contributed by atoms with Crippen molar-refractivity contribution in [2.45, 2.75) is 63.9 Å². The fourth-order valence-electron chi connectivity index (χ4n) is 8.14. The first kappa shape index (κ1) is 32.4. The molecule has 0 saturated heterocycles. The Balaban J connectivity index is 1.10. The van der Waals surface area contributed by atoms with Crippen LogP contribution in [-0.4, -0.2) is 41.8 Å². The van der Waals surface area contributed by atoms with Gasteiger partial charge in [-0.2, -0.15) is 0 Å². The Morgan fingerprint density at radius 3 is 0.904 bits per heavy atom. The van der Waals surface area contributed by atoms with E-state index < -0.39 is 0 Å². The SMILES string of the molecule is c1ccc2nc(CN(Cc3ccc4ccccc4n3)[C@H]3CCCC[C@@H]3N(Cc3ccc4ccccc4n3)Cc3ccc4ccccc4n3)ccc2c1. The molecule has 0 unspecified atom stereocenters. The molecule has 1 fully saturated rings. The summed E-state index contributed by atoms with van der Waals surface area (Å²) in [6.07, 6.45) is 4.62. The minimum absolute atomic E-state index is 0.288. The van der Waals surface area contributed by atoms with E-state index in [0.29, 0.717) is 0 Å². The third kappa shape index (κ3) is 7.00. The van der Waals surface area contributed by atoms with Gasteiger partial charge in [-0.25, -0.2) is 0 Å². The second kappa shape index (κ2) is 14.6. The molecule has 0 spiro atoms. The summed E-state index contributed by atoms with van der Waals surface area (Å²) in [5.41, 5.74) is 8.49. The molecule has 1 aliphatic carbocycles. The molecule has 0 amide bonds. The van der Waals surface area contributed by atoms with E-state index in [4.69, 9.17) is 19.9 Å². The molecule has 9 rings (SSSR count). The first-order chi connectivity index (χ1) is 25.7. The quantitative estimate of drug-likeness (QED) is 0.144. The zero-order chi connectivity index (χ0) is 34.7. The van der Waals surface area contributed by atoms with E-state index >= 15 is 0 Å². The van der Waals surface area contributed by atoms with Gasteiger partial charge in [-0.3, -0.25) is 29.7 Å². The van der Waals surface area contributed by atoms with Crippen LogP contribution in [0.25, 0.3) is 43.6 Å². The molecule has 1 aliphatic rings. The van der Waals surface area contributed by atoms with Crippen LogP contribution in [0.5, 0.6) is 0 Å². The minimum atomic E-state index is 0.288. The van der Waals surface area contributed by atoms with Gasteiger partial charge < -0.3 is 0 Å². The maximum Gasteiger partial charge on any atom is 0.0705 e. The highest BCUT2D eigenvalue weighted by Crippen LogP contribution is 2.32. The van der Waals surface area contributed by atoms with Gasteiger partial charge in [-0.15, -0.1) is 0 Å². The van der Waals surface area contributed by atoms with E-state index in [1.807, 2.05) is 0 Å². The zero-order valence-corrected chi connectivity index (χ0v) is 29.4. The summed E-state index contributed by atoms with van der Waals surface area (Å²) in [5.74, 6) is 0. The van der Waals surface area contributed by atoms with Gasteiger partial charge in [-0.1, -0.05) is 110 Å². The molecule has 0 bridgehead atoms. The monoisotopic (exact) mass is 678 g/mol. The lowest BCUT2D eigenvalue weighted by molar-refractivity contribution is 0.0274. The maximum absolute atomic E-state index is 5.17. The average molecular weight is 679 g/mol. The van der Waals surface area contributed by atoms with E-state index in [0.717, 1.165) is 83.9 Å². The Kier molecular flexibility index (Phi) is 9.07. The average Bonchev–Trinajstić information content (AvgIpc) is 3.20. The first-order valence-corrected chi connectivity index (χ1v) is 18.6. The maximum atomic E-state index is 5.17. The Bertz CT molecular complexity index is 2160. The molecule has 4 aromatic carbocycles. The van der Waals surface area contributed by atoms with Gasteiger partial charge in [0.1, 0.15) is 0 Å². The molecular formula is C46H42N6. The molecule has 52 heavy (non-hydrogen) atoms. The molecule has 6 nitrogen and oxygen atoms in total. The van der Waals surface area contributed by atoms with Crippen LogP contribution < -0.4 is 0 Å². The van der Waals surface area contributed by atoms with Gasteiger partial charge in [-0.05, 0) is 61.4 Å². The summed E-state index contributed by atoms with van der Waals surface area (Å²) in [6.45, 7) is 2.99. The van der Waals surface area contributed by atoms with E-state index in [-0.39, 0.29) is 12.1 Å². The molecule has 2 atom stereocenters. The predicted molar refractivity (Wildman–Crippen MR) is 212 cm³/mol. The van der Waals surface area contributed by atoms with Crippen LogP contribution in [0.15, 0.2) is 146 Å². The van der Waals surface area contributed by atoms with Crippen LogP contribution in [0, 0.1) is 0 Å². The molecule has 0 N–H and O–H groups in total. The van der Waals surface area contributed by atoms with E-state index in [1.54, 1.807) is 0 Å². The molecule has 0 aliphatic heterocycles. The van der Waals surface area contributed by atoms with Crippen molar-refractivity contribution < 1.29 is 0 Å². The number of rotatable bonds is 10. The van der Waals surface area contributed by atoms with E-state index in [9.17, 15) is 0 Å². The number of nitrogens with zero attached hydrogens (tertiary/aromatic N) is 6. The van der Waals surface area contributed by atoms with Crippen LogP contribution in [-0.2, 0) is 26.2 Å². The third-order valence-electron chi connectivity index (χ3n) is 10.7. The number of fused-ring (bicyclic) bond motifs is 4. The first-order valence-electron chi connectivity index (χ1n) is 18.6. The van der Waals surface area contributed by atoms with Crippen molar-refractivity contribution >= 4 is 43.6 Å². The highest BCUT2D eigenvalue weighted by atomic mass is 15.3. The van der Waals surface area contributed by atoms with Gasteiger partial charge >= 0.3 is 0 Å². The topological polar surface area (TPSA) is 58.0 Å². The Labute approximate surface area is 304 Å². The summed E-state index contributed by atoms with van der Waals surface area (Å²) >= 11 is 0. The lowest BCUT2D eigenvalue weighted by Gasteiger charge is -2.45. The van der Waals surface area contributed by atoms with Crippen molar-refractivity contribution in [3.8, 4) is 0 Å². The summed E-state index contributed by atoms with van der Waals surface area (Å²) in [6, 6.07) is 51.9. The normalized spacial score (nSPS) is 16.4. The number of aromatic nitrogens is 4. The Morgan fingerprint density at radius 2 is 0.615 bits per heavy atom. The highest BCUT2D eigenvalue weighted by molar-refractivity contribution is 5.80. The second-order valence-electron chi connectivity index (χ2n) is 14.2. The summed E-state index contributed by atoms with van der Waals surface area (Å²) in [7, 11) is 0. The molecule has 0 radical (unpaired) electrons. The number of para-hydroxylation sites is 4. The molecule has 256 valence electrons. The van der Waals surface area contributed by atoms with Crippen molar-refractivity contribution in [2.24, 2.45) is 0 Å². The van der Waals surface area contributed by atoms with Crippen molar-refractivity contribution in [1.82, 2.24) is 29.7 Å². The van der Waals surface area contributed by atoms with Gasteiger partial charge in [0.2, 0.25) is 0 Å². The Hall–Kier alpha value is -5.56. The van der Waals surface area contributed by atoms with Gasteiger partial charge in [0.15, 0.2) is 0 Å². The van der Waals surface area contributed by atoms with Gasteiger partial charge in [0, 0.05) is 59.8 Å². The van der Waals surface area contributed by atoms with E-state index in [1.165, 1.54) is 34.4 Å². The summed E-state index contributed by atoms with van der Waals surface area (Å²) in [4.78, 5) is 26.0. The van der Waals surface area contributed by atoms with Crippen LogP contribution in [0.1, 0.15) is 48.5 Å². The van der Waals surface area contributed by atoms with Gasteiger partial charge in [0.05, 0.1) is 44.8 Å². The lowest BCUT2D eigenvalue weighted by Crippen LogP contribution is -2.52. The molecule has 6 heteroatoms. The van der Waals surface area contributed by atoms with Crippen LogP contribution in [0.4, 0.5) is 0 Å².